The van der Waals surface area contributed by atoms with Crippen LogP contribution in [0, 0.1) is 5.92 Å². The standard InChI is InChI=1S/C16H30N2O2/c1-3-14-6-8-16(12-17,9-7-14)20-13(2)15(19)18-10-4-5-11-18/h13-14H,3-12,17H2,1-2H3. The Kier molecular flexibility index (Phi) is 5.44. The molecule has 0 bridgehead atoms. The molecule has 0 aromatic carbocycles. The van der Waals surface area contributed by atoms with Crippen molar-refractivity contribution in [2.24, 2.45) is 11.7 Å². The van der Waals surface area contributed by atoms with E-state index in [2.05, 4.69) is 6.92 Å². The van der Waals surface area contributed by atoms with E-state index < -0.39 is 0 Å². The molecular formula is C16H30N2O2. The third-order valence-corrected chi connectivity index (χ3v) is 5.16. The van der Waals surface area contributed by atoms with Gasteiger partial charge in [-0.2, -0.15) is 0 Å². The summed E-state index contributed by atoms with van der Waals surface area (Å²) in [6, 6.07) is 0. The Morgan fingerprint density at radius 3 is 2.45 bits per heavy atom. The average molecular weight is 282 g/mol. The average Bonchev–Trinajstić information content (AvgIpc) is 3.01. The molecule has 4 nitrogen and oxygen atoms in total. The molecule has 1 aliphatic carbocycles. The van der Waals surface area contributed by atoms with Crippen LogP contribution < -0.4 is 5.73 Å². The SMILES string of the molecule is CCC1CCC(CN)(OC(C)C(=O)N2CCCC2)CC1. The molecule has 2 aliphatic rings. The first-order valence-corrected chi connectivity index (χ1v) is 8.27. The van der Waals surface area contributed by atoms with Crippen LogP contribution in [0.2, 0.25) is 0 Å². The molecule has 116 valence electrons. The molecule has 1 heterocycles. The van der Waals surface area contributed by atoms with Crippen molar-refractivity contribution in [1.29, 1.82) is 0 Å². The lowest BCUT2D eigenvalue weighted by Crippen LogP contribution is -2.49. The van der Waals surface area contributed by atoms with Crippen LogP contribution in [0.5, 0.6) is 0 Å². The Morgan fingerprint density at radius 1 is 1.35 bits per heavy atom. The lowest BCUT2D eigenvalue weighted by molar-refractivity contribution is -0.159. The van der Waals surface area contributed by atoms with E-state index in [9.17, 15) is 4.79 Å². The Labute approximate surface area is 123 Å². The minimum atomic E-state index is -0.352. The molecule has 2 fully saturated rings. The van der Waals surface area contributed by atoms with Crippen LogP contribution in [0.15, 0.2) is 0 Å². The maximum Gasteiger partial charge on any atom is 0.251 e. The molecule has 1 unspecified atom stereocenters. The van der Waals surface area contributed by atoms with Crippen LogP contribution in [0.3, 0.4) is 0 Å². The highest BCUT2D eigenvalue weighted by atomic mass is 16.5. The Morgan fingerprint density at radius 2 is 1.95 bits per heavy atom. The fourth-order valence-electron chi connectivity index (χ4n) is 3.60. The number of nitrogens with zero attached hydrogens (tertiary/aromatic N) is 1. The van der Waals surface area contributed by atoms with Crippen molar-refractivity contribution < 1.29 is 9.53 Å². The third-order valence-electron chi connectivity index (χ3n) is 5.16. The molecule has 0 aromatic heterocycles. The lowest BCUT2D eigenvalue weighted by atomic mass is 9.77. The zero-order valence-corrected chi connectivity index (χ0v) is 13.1. The van der Waals surface area contributed by atoms with Gasteiger partial charge in [0.15, 0.2) is 0 Å². The number of likely N-dealkylation sites (tertiary alicyclic amines) is 1. The normalized spacial score (nSPS) is 32.4. The van der Waals surface area contributed by atoms with Gasteiger partial charge in [0, 0.05) is 19.6 Å². The van der Waals surface area contributed by atoms with Crippen LogP contribution in [0.25, 0.3) is 0 Å². The summed E-state index contributed by atoms with van der Waals surface area (Å²) >= 11 is 0. The molecule has 4 heteroatoms. The van der Waals surface area contributed by atoms with Crippen molar-refractivity contribution in [3.8, 4) is 0 Å². The molecule has 0 spiro atoms. The van der Waals surface area contributed by atoms with Crippen molar-refractivity contribution in [3.05, 3.63) is 0 Å². The Balaban J connectivity index is 1.90. The molecular weight excluding hydrogens is 252 g/mol. The van der Waals surface area contributed by atoms with Gasteiger partial charge < -0.3 is 15.4 Å². The quantitative estimate of drug-likeness (QED) is 0.842. The summed E-state index contributed by atoms with van der Waals surface area (Å²) < 4.78 is 6.18. The number of rotatable bonds is 5. The van der Waals surface area contributed by atoms with E-state index in [0.29, 0.717) is 6.54 Å². The minimum Gasteiger partial charge on any atom is -0.361 e. The van der Waals surface area contributed by atoms with E-state index in [-0.39, 0.29) is 17.6 Å². The second-order valence-electron chi connectivity index (χ2n) is 6.53. The molecule has 1 saturated heterocycles. The molecule has 0 radical (unpaired) electrons. The van der Waals surface area contributed by atoms with Gasteiger partial charge in [-0.15, -0.1) is 0 Å². The first-order valence-electron chi connectivity index (χ1n) is 8.27. The first-order chi connectivity index (χ1) is 9.60. The summed E-state index contributed by atoms with van der Waals surface area (Å²) in [5.41, 5.74) is 5.71. The van der Waals surface area contributed by atoms with Crippen LogP contribution in [0.1, 0.15) is 58.8 Å². The summed E-state index contributed by atoms with van der Waals surface area (Å²) in [5.74, 6) is 0.954. The molecule has 1 saturated carbocycles. The zero-order valence-electron chi connectivity index (χ0n) is 13.1. The van der Waals surface area contributed by atoms with E-state index >= 15 is 0 Å². The van der Waals surface area contributed by atoms with Crippen molar-refractivity contribution in [3.63, 3.8) is 0 Å². The topological polar surface area (TPSA) is 55.6 Å². The first kappa shape index (κ1) is 15.8. The monoisotopic (exact) mass is 282 g/mol. The number of hydrogen-bond acceptors (Lipinski definition) is 3. The van der Waals surface area contributed by atoms with Crippen LogP contribution >= 0.6 is 0 Å². The van der Waals surface area contributed by atoms with Gasteiger partial charge in [0.05, 0.1) is 5.60 Å². The van der Waals surface area contributed by atoms with Crippen LogP contribution in [0.4, 0.5) is 0 Å². The van der Waals surface area contributed by atoms with Gasteiger partial charge in [0.1, 0.15) is 6.10 Å². The molecule has 2 N–H and O–H groups in total. The van der Waals surface area contributed by atoms with Crippen molar-refractivity contribution >= 4 is 5.91 Å². The Bertz CT molecular complexity index is 318. The summed E-state index contributed by atoms with van der Waals surface area (Å²) in [6.45, 7) is 6.45. The van der Waals surface area contributed by atoms with E-state index in [1.54, 1.807) is 0 Å². The second kappa shape index (κ2) is 6.90. The van der Waals surface area contributed by atoms with Gasteiger partial charge in [-0.25, -0.2) is 0 Å². The summed E-state index contributed by atoms with van der Waals surface area (Å²) in [7, 11) is 0. The lowest BCUT2D eigenvalue weighted by Gasteiger charge is -2.41. The highest BCUT2D eigenvalue weighted by Crippen LogP contribution is 2.36. The van der Waals surface area contributed by atoms with E-state index in [4.69, 9.17) is 10.5 Å². The van der Waals surface area contributed by atoms with Crippen molar-refractivity contribution in [2.45, 2.75) is 70.5 Å². The Hall–Kier alpha value is -0.610. The highest BCUT2D eigenvalue weighted by molar-refractivity contribution is 5.80. The van der Waals surface area contributed by atoms with Gasteiger partial charge in [-0.1, -0.05) is 13.3 Å². The summed E-state index contributed by atoms with van der Waals surface area (Å²) in [5, 5.41) is 0. The van der Waals surface area contributed by atoms with Gasteiger partial charge in [0.2, 0.25) is 0 Å². The molecule has 0 aromatic rings. The maximum absolute atomic E-state index is 12.4. The molecule has 1 aliphatic heterocycles. The highest BCUT2D eigenvalue weighted by Gasteiger charge is 2.38. The van der Waals surface area contributed by atoms with Crippen LogP contribution in [-0.4, -0.2) is 42.1 Å². The van der Waals surface area contributed by atoms with Crippen molar-refractivity contribution in [2.75, 3.05) is 19.6 Å². The number of carbonyl (C=O) groups excluding carboxylic acids is 1. The number of amides is 1. The van der Waals surface area contributed by atoms with E-state index in [1.807, 2.05) is 11.8 Å². The fourth-order valence-corrected chi connectivity index (χ4v) is 3.60. The molecule has 1 atom stereocenters. The van der Waals surface area contributed by atoms with Gasteiger partial charge in [0.25, 0.3) is 5.91 Å². The fraction of sp³-hybridized carbons (Fsp3) is 0.938. The van der Waals surface area contributed by atoms with Gasteiger partial charge in [-0.3, -0.25) is 4.79 Å². The minimum absolute atomic E-state index is 0.146. The maximum atomic E-state index is 12.4. The predicted octanol–water partition coefficient (Wildman–Crippen LogP) is 2.31. The van der Waals surface area contributed by atoms with Crippen molar-refractivity contribution in [1.82, 2.24) is 4.90 Å². The summed E-state index contributed by atoms with van der Waals surface area (Å²) in [6.07, 6.45) is 7.49. The smallest absolute Gasteiger partial charge is 0.251 e. The number of carbonyl (C=O) groups is 1. The second-order valence-corrected chi connectivity index (χ2v) is 6.53. The molecule has 2 rings (SSSR count). The predicted molar refractivity (Wildman–Crippen MR) is 80.4 cm³/mol. The van der Waals surface area contributed by atoms with E-state index in [0.717, 1.165) is 44.7 Å². The largest absolute Gasteiger partial charge is 0.361 e. The number of nitrogens with two attached hydrogens (primary N) is 1. The number of ether oxygens (including phenoxy) is 1. The molecule has 20 heavy (non-hydrogen) atoms. The molecule has 1 amide bonds. The zero-order chi connectivity index (χ0) is 14.6. The number of hydrogen-bond donors (Lipinski definition) is 1. The van der Waals surface area contributed by atoms with Gasteiger partial charge in [-0.05, 0) is 51.4 Å². The van der Waals surface area contributed by atoms with Crippen LogP contribution in [-0.2, 0) is 9.53 Å². The summed E-state index contributed by atoms with van der Waals surface area (Å²) in [4.78, 5) is 14.3. The third kappa shape index (κ3) is 3.53. The van der Waals surface area contributed by atoms with Gasteiger partial charge >= 0.3 is 0 Å². The van der Waals surface area contributed by atoms with E-state index in [1.165, 1.54) is 19.3 Å².